The van der Waals surface area contributed by atoms with Crippen LogP contribution in [0.15, 0.2) is 12.1 Å². The van der Waals surface area contributed by atoms with Crippen LogP contribution in [0.5, 0.6) is 0 Å². The predicted octanol–water partition coefficient (Wildman–Crippen LogP) is 3.46. The number of aromatic carboxylic acids is 1. The fraction of sp³-hybridized carbons (Fsp3) is 0.500. The number of carboxylic acid groups (broad SMARTS) is 1. The molecular formula is C16H22O4. The number of carbonyl (C=O) groups is 2. The average Bonchev–Trinajstić information content (AvgIpc) is 2.29. The largest absolute Gasteiger partial charge is 0.478 e. The number of aryl methyl sites for hydroxylation is 1. The van der Waals surface area contributed by atoms with E-state index in [2.05, 4.69) is 0 Å². The fourth-order valence-electron chi connectivity index (χ4n) is 2.13. The summed E-state index contributed by atoms with van der Waals surface area (Å²) in [4.78, 5) is 23.5. The van der Waals surface area contributed by atoms with Gasteiger partial charge in [0.05, 0.1) is 17.7 Å². The maximum absolute atomic E-state index is 11.9. The van der Waals surface area contributed by atoms with E-state index in [9.17, 15) is 14.7 Å². The molecule has 1 N–H and O–H groups in total. The number of rotatable bonds is 4. The number of esters is 1. The molecule has 0 unspecified atom stereocenters. The second kappa shape index (κ2) is 6.07. The van der Waals surface area contributed by atoms with E-state index in [1.165, 1.54) is 6.07 Å². The molecule has 0 spiro atoms. The van der Waals surface area contributed by atoms with Gasteiger partial charge in [0.2, 0.25) is 0 Å². The zero-order valence-electron chi connectivity index (χ0n) is 12.7. The molecule has 0 bridgehead atoms. The molecule has 0 radical (unpaired) electrons. The smallest absolute Gasteiger partial charge is 0.339 e. The monoisotopic (exact) mass is 278 g/mol. The highest BCUT2D eigenvalue weighted by atomic mass is 16.5. The highest BCUT2D eigenvalue weighted by Crippen LogP contribution is 2.28. The van der Waals surface area contributed by atoms with Crippen molar-refractivity contribution in [3.8, 4) is 0 Å². The predicted molar refractivity (Wildman–Crippen MR) is 77.3 cm³/mol. The van der Waals surface area contributed by atoms with Crippen LogP contribution < -0.4 is 0 Å². The summed E-state index contributed by atoms with van der Waals surface area (Å²) in [5.74, 6) is -1.67. The number of hydrogen-bond donors (Lipinski definition) is 1. The first kappa shape index (κ1) is 16.2. The van der Waals surface area contributed by atoms with Gasteiger partial charge in [-0.3, -0.25) is 0 Å². The summed E-state index contributed by atoms with van der Waals surface area (Å²) in [6.07, 6.45) is 0.591. The third-order valence-corrected chi connectivity index (χ3v) is 2.96. The second-order valence-electron chi connectivity index (χ2n) is 6.05. The van der Waals surface area contributed by atoms with Crippen molar-refractivity contribution in [2.75, 3.05) is 6.61 Å². The molecule has 1 aromatic rings. The van der Waals surface area contributed by atoms with Crippen LogP contribution in [-0.4, -0.2) is 23.7 Å². The van der Waals surface area contributed by atoms with Gasteiger partial charge in [-0.1, -0.05) is 26.8 Å². The molecule has 1 aromatic carbocycles. The summed E-state index contributed by atoms with van der Waals surface area (Å²) in [5.41, 5.74) is 1.71. The van der Waals surface area contributed by atoms with E-state index < -0.39 is 11.9 Å². The molecule has 4 nitrogen and oxygen atoms in total. The first-order valence-electron chi connectivity index (χ1n) is 6.70. The Bertz CT molecular complexity index is 524. The summed E-state index contributed by atoms with van der Waals surface area (Å²) in [6.45, 7) is 9.89. The van der Waals surface area contributed by atoms with Crippen LogP contribution in [0.1, 0.15) is 59.5 Å². The van der Waals surface area contributed by atoms with Gasteiger partial charge in [-0.15, -0.1) is 0 Å². The maximum Gasteiger partial charge on any atom is 0.339 e. The van der Waals surface area contributed by atoms with E-state index in [-0.39, 0.29) is 23.1 Å². The van der Waals surface area contributed by atoms with Crippen molar-refractivity contribution < 1.29 is 19.4 Å². The lowest BCUT2D eigenvalue weighted by atomic mass is 9.83. The Morgan fingerprint density at radius 2 is 1.85 bits per heavy atom. The molecule has 20 heavy (non-hydrogen) atoms. The summed E-state index contributed by atoms with van der Waals surface area (Å²) < 4.78 is 4.94. The molecule has 0 atom stereocenters. The fourth-order valence-corrected chi connectivity index (χ4v) is 2.13. The second-order valence-corrected chi connectivity index (χ2v) is 6.05. The first-order valence-corrected chi connectivity index (χ1v) is 6.70. The maximum atomic E-state index is 11.9. The number of ether oxygens (including phenoxy) is 1. The van der Waals surface area contributed by atoms with E-state index in [4.69, 9.17) is 4.74 Å². The standard InChI is InChI=1S/C16H22O4/c1-6-20-15(19)11-8-7-10(2)12(9-16(3,4)5)13(11)14(17)18/h7-8H,6,9H2,1-5H3,(H,17,18). The van der Waals surface area contributed by atoms with E-state index in [1.807, 2.05) is 27.7 Å². The molecule has 0 aliphatic rings. The molecule has 0 aromatic heterocycles. The lowest BCUT2D eigenvalue weighted by Gasteiger charge is -2.22. The SMILES string of the molecule is CCOC(=O)c1ccc(C)c(CC(C)(C)C)c1C(=O)O. The van der Waals surface area contributed by atoms with Gasteiger partial charge in [0.25, 0.3) is 0 Å². The van der Waals surface area contributed by atoms with Gasteiger partial charge >= 0.3 is 11.9 Å². The number of carbonyl (C=O) groups excluding carboxylic acids is 1. The summed E-state index contributed by atoms with van der Waals surface area (Å²) in [7, 11) is 0. The molecule has 0 fully saturated rings. The van der Waals surface area contributed by atoms with Crippen molar-refractivity contribution >= 4 is 11.9 Å². The Morgan fingerprint density at radius 3 is 2.30 bits per heavy atom. The minimum absolute atomic E-state index is 0.0672. The Labute approximate surface area is 119 Å². The topological polar surface area (TPSA) is 63.6 Å². The van der Waals surface area contributed by atoms with Gasteiger partial charge in [-0.25, -0.2) is 9.59 Å². The number of carboxylic acids is 1. The van der Waals surface area contributed by atoms with Gasteiger partial charge in [-0.2, -0.15) is 0 Å². The van der Waals surface area contributed by atoms with Crippen LogP contribution in [0.25, 0.3) is 0 Å². The molecule has 1 rings (SSSR count). The molecule has 0 heterocycles. The van der Waals surface area contributed by atoms with E-state index in [0.29, 0.717) is 12.0 Å². The lowest BCUT2D eigenvalue weighted by molar-refractivity contribution is 0.0514. The third kappa shape index (κ3) is 3.83. The van der Waals surface area contributed by atoms with E-state index in [1.54, 1.807) is 13.0 Å². The zero-order valence-corrected chi connectivity index (χ0v) is 12.7. The van der Waals surface area contributed by atoms with Crippen molar-refractivity contribution in [1.82, 2.24) is 0 Å². The highest BCUT2D eigenvalue weighted by molar-refractivity contribution is 6.03. The van der Waals surface area contributed by atoms with Crippen LogP contribution in [0.4, 0.5) is 0 Å². The van der Waals surface area contributed by atoms with Gasteiger partial charge < -0.3 is 9.84 Å². The Morgan fingerprint density at radius 1 is 1.25 bits per heavy atom. The molecular weight excluding hydrogens is 256 g/mol. The van der Waals surface area contributed by atoms with Crippen molar-refractivity contribution in [2.45, 2.75) is 41.0 Å². The molecule has 4 heteroatoms. The van der Waals surface area contributed by atoms with E-state index >= 15 is 0 Å². The Kier molecular flexibility index (Phi) is 4.93. The number of benzene rings is 1. The van der Waals surface area contributed by atoms with Crippen LogP contribution in [0.3, 0.4) is 0 Å². The van der Waals surface area contributed by atoms with Crippen molar-refractivity contribution in [1.29, 1.82) is 0 Å². The minimum Gasteiger partial charge on any atom is -0.478 e. The van der Waals surface area contributed by atoms with Crippen LogP contribution in [0, 0.1) is 12.3 Å². The molecule has 0 saturated heterocycles. The van der Waals surface area contributed by atoms with Gasteiger partial charge in [0.15, 0.2) is 0 Å². The summed E-state index contributed by atoms with van der Waals surface area (Å²) >= 11 is 0. The minimum atomic E-state index is -1.09. The normalized spacial score (nSPS) is 11.2. The third-order valence-electron chi connectivity index (χ3n) is 2.96. The van der Waals surface area contributed by atoms with Gasteiger partial charge in [0, 0.05) is 0 Å². The molecule has 0 saturated carbocycles. The Hall–Kier alpha value is -1.84. The molecule has 110 valence electrons. The lowest BCUT2D eigenvalue weighted by Crippen LogP contribution is -2.19. The first-order chi connectivity index (χ1) is 9.17. The number of hydrogen-bond acceptors (Lipinski definition) is 3. The summed E-state index contributed by atoms with van der Waals surface area (Å²) in [5, 5.41) is 9.48. The van der Waals surface area contributed by atoms with Crippen molar-refractivity contribution in [2.24, 2.45) is 5.41 Å². The zero-order chi connectivity index (χ0) is 15.5. The summed E-state index contributed by atoms with van der Waals surface area (Å²) in [6, 6.07) is 3.31. The van der Waals surface area contributed by atoms with Crippen molar-refractivity contribution in [3.05, 3.63) is 34.4 Å². The van der Waals surface area contributed by atoms with Crippen LogP contribution in [-0.2, 0) is 11.2 Å². The Balaban J connectivity index is 3.45. The van der Waals surface area contributed by atoms with Gasteiger partial charge in [0.1, 0.15) is 0 Å². The molecule has 0 aliphatic carbocycles. The van der Waals surface area contributed by atoms with Gasteiger partial charge in [-0.05, 0) is 42.9 Å². The average molecular weight is 278 g/mol. The van der Waals surface area contributed by atoms with E-state index in [0.717, 1.165) is 5.56 Å². The molecule has 0 amide bonds. The quantitative estimate of drug-likeness (QED) is 0.857. The highest BCUT2D eigenvalue weighted by Gasteiger charge is 2.25. The van der Waals surface area contributed by atoms with Crippen molar-refractivity contribution in [3.63, 3.8) is 0 Å². The van der Waals surface area contributed by atoms with Crippen LogP contribution in [0.2, 0.25) is 0 Å². The van der Waals surface area contributed by atoms with Crippen LogP contribution >= 0.6 is 0 Å². The molecule has 0 aliphatic heterocycles.